The molecule has 1 saturated carbocycles. The van der Waals surface area contributed by atoms with E-state index in [-0.39, 0.29) is 17.0 Å². The van der Waals surface area contributed by atoms with E-state index >= 15 is 0 Å². The molecular weight excluding hydrogens is 374 g/mol. The molecule has 17 heavy (non-hydrogen) atoms. The van der Waals surface area contributed by atoms with Crippen LogP contribution in [0.4, 0.5) is 0 Å². The number of aliphatic hydroxyl groups is 1. The Labute approximate surface area is 117 Å². The maximum Gasteiger partial charge on any atom is 0.241 e. The maximum absolute atomic E-state index is 12.1. The second kappa shape index (κ2) is 4.97. The molecule has 4 nitrogen and oxygen atoms in total. The van der Waals surface area contributed by atoms with E-state index in [2.05, 4.69) is 36.6 Å². The van der Waals surface area contributed by atoms with Gasteiger partial charge in [0, 0.05) is 15.0 Å². The van der Waals surface area contributed by atoms with E-state index in [1.807, 2.05) is 0 Å². The van der Waals surface area contributed by atoms with Gasteiger partial charge in [0.05, 0.1) is 11.0 Å². The number of hydrogen-bond acceptors (Lipinski definition) is 3. The normalized spacial score (nSPS) is 24.4. The number of halogens is 2. The van der Waals surface area contributed by atoms with Gasteiger partial charge in [-0.15, -0.1) is 0 Å². The predicted octanol–water partition coefficient (Wildman–Crippen LogP) is 2.01. The number of nitrogens with one attached hydrogen (secondary N) is 1. The highest BCUT2D eigenvalue weighted by Crippen LogP contribution is 2.28. The SMILES string of the molecule is O=S(=O)(NC1CC(O)C1)c1cc(Br)ccc1Br. The lowest BCUT2D eigenvalue weighted by Gasteiger charge is -2.31. The van der Waals surface area contributed by atoms with Gasteiger partial charge in [-0.1, -0.05) is 15.9 Å². The highest BCUT2D eigenvalue weighted by atomic mass is 79.9. The number of hydrogen-bond donors (Lipinski definition) is 2. The largest absolute Gasteiger partial charge is 0.393 e. The molecule has 0 aromatic heterocycles. The van der Waals surface area contributed by atoms with Gasteiger partial charge < -0.3 is 5.11 Å². The molecule has 94 valence electrons. The Morgan fingerprint density at radius 2 is 1.94 bits per heavy atom. The number of rotatable bonds is 3. The van der Waals surface area contributed by atoms with Crippen molar-refractivity contribution in [3.05, 3.63) is 27.1 Å². The average Bonchev–Trinajstić information content (AvgIpc) is 2.19. The predicted molar refractivity (Wildman–Crippen MR) is 71.2 cm³/mol. The second-order valence-corrected chi connectivity index (χ2v) is 7.47. The summed E-state index contributed by atoms with van der Waals surface area (Å²) in [4.78, 5) is 0.202. The zero-order chi connectivity index (χ0) is 12.6. The van der Waals surface area contributed by atoms with Gasteiger partial charge in [0.1, 0.15) is 0 Å². The number of sulfonamides is 1. The fourth-order valence-electron chi connectivity index (χ4n) is 1.65. The smallest absolute Gasteiger partial charge is 0.241 e. The van der Waals surface area contributed by atoms with Crippen molar-refractivity contribution in [1.29, 1.82) is 0 Å². The van der Waals surface area contributed by atoms with E-state index in [0.29, 0.717) is 21.8 Å². The minimum Gasteiger partial charge on any atom is -0.393 e. The van der Waals surface area contributed by atoms with E-state index in [0.717, 1.165) is 0 Å². The minimum absolute atomic E-state index is 0.166. The zero-order valence-electron chi connectivity index (χ0n) is 8.73. The van der Waals surface area contributed by atoms with Crippen molar-refractivity contribution in [3.8, 4) is 0 Å². The lowest BCUT2D eigenvalue weighted by molar-refractivity contribution is 0.0712. The van der Waals surface area contributed by atoms with Crippen LogP contribution < -0.4 is 4.72 Å². The van der Waals surface area contributed by atoms with Gasteiger partial charge in [-0.2, -0.15) is 0 Å². The third kappa shape index (κ3) is 3.08. The summed E-state index contributed by atoms with van der Waals surface area (Å²) in [5.41, 5.74) is 0. The summed E-state index contributed by atoms with van der Waals surface area (Å²) in [6.45, 7) is 0. The molecule has 0 aliphatic heterocycles. The Balaban J connectivity index is 2.22. The van der Waals surface area contributed by atoms with Gasteiger partial charge in [-0.3, -0.25) is 0 Å². The van der Waals surface area contributed by atoms with E-state index in [1.54, 1.807) is 18.2 Å². The van der Waals surface area contributed by atoms with Crippen LogP contribution in [0.15, 0.2) is 32.0 Å². The third-order valence-electron chi connectivity index (χ3n) is 2.62. The van der Waals surface area contributed by atoms with Gasteiger partial charge in [0.25, 0.3) is 0 Å². The Kier molecular flexibility index (Phi) is 3.94. The summed E-state index contributed by atoms with van der Waals surface area (Å²) in [7, 11) is -3.53. The van der Waals surface area contributed by atoms with Crippen LogP contribution in [0.25, 0.3) is 0 Å². The summed E-state index contributed by atoms with van der Waals surface area (Å²) in [5.74, 6) is 0. The molecule has 7 heteroatoms. The van der Waals surface area contributed by atoms with Crippen LogP contribution in [0.5, 0.6) is 0 Å². The monoisotopic (exact) mass is 383 g/mol. The molecule has 2 rings (SSSR count). The standard InChI is InChI=1S/C10H11Br2NO3S/c11-6-1-2-9(12)10(3-6)17(15,16)13-7-4-8(14)5-7/h1-3,7-8,13-14H,4-5H2. The Hall–Kier alpha value is 0.0500. The molecule has 0 unspecified atom stereocenters. The van der Waals surface area contributed by atoms with Crippen molar-refractivity contribution in [2.24, 2.45) is 0 Å². The van der Waals surface area contributed by atoms with Crippen LogP contribution in [0.1, 0.15) is 12.8 Å². The molecule has 1 aliphatic rings. The van der Waals surface area contributed by atoms with Crippen molar-refractivity contribution in [3.63, 3.8) is 0 Å². The topological polar surface area (TPSA) is 66.4 Å². The van der Waals surface area contributed by atoms with Crippen LogP contribution in [-0.2, 0) is 10.0 Å². The Bertz CT molecular complexity index is 526. The second-order valence-electron chi connectivity index (χ2n) is 4.02. The first-order chi connectivity index (χ1) is 7.88. The molecule has 1 aromatic carbocycles. The summed E-state index contributed by atoms with van der Waals surface area (Å²) in [6.07, 6.45) is 0.573. The molecule has 0 saturated heterocycles. The molecule has 1 aromatic rings. The van der Waals surface area contributed by atoms with E-state index in [1.165, 1.54) is 0 Å². The highest BCUT2D eigenvalue weighted by Gasteiger charge is 2.31. The molecule has 1 aliphatic carbocycles. The van der Waals surface area contributed by atoms with Gasteiger partial charge in [0.2, 0.25) is 10.0 Å². The molecule has 2 N–H and O–H groups in total. The summed E-state index contributed by atoms with van der Waals surface area (Å²) in [5, 5.41) is 9.13. The first-order valence-corrected chi connectivity index (χ1v) is 8.11. The maximum atomic E-state index is 12.1. The lowest BCUT2D eigenvalue weighted by Crippen LogP contribution is -2.46. The lowest BCUT2D eigenvalue weighted by atomic mass is 9.91. The van der Waals surface area contributed by atoms with E-state index in [9.17, 15) is 8.42 Å². The van der Waals surface area contributed by atoms with Crippen molar-refractivity contribution >= 4 is 41.9 Å². The fourth-order valence-corrected chi connectivity index (χ4v) is 4.41. The van der Waals surface area contributed by atoms with Crippen LogP contribution in [0.2, 0.25) is 0 Å². The zero-order valence-corrected chi connectivity index (χ0v) is 12.7. The van der Waals surface area contributed by atoms with Crippen LogP contribution >= 0.6 is 31.9 Å². The van der Waals surface area contributed by atoms with E-state index in [4.69, 9.17) is 5.11 Å². The molecule has 0 bridgehead atoms. The number of aliphatic hydroxyl groups excluding tert-OH is 1. The quantitative estimate of drug-likeness (QED) is 0.837. The van der Waals surface area contributed by atoms with Gasteiger partial charge in [0.15, 0.2) is 0 Å². The molecule has 1 fully saturated rings. The molecule has 0 amide bonds. The first kappa shape index (κ1) is 13.5. The fraction of sp³-hybridized carbons (Fsp3) is 0.400. The number of benzene rings is 1. The summed E-state index contributed by atoms with van der Waals surface area (Å²) < 4.78 is 27.9. The molecular formula is C10H11Br2NO3S. The van der Waals surface area contributed by atoms with Crippen LogP contribution in [-0.4, -0.2) is 25.7 Å². The van der Waals surface area contributed by atoms with Crippen LogP contribution in [0, 0.1) is 0 Å². The van der Waals surface area contributed by atoms with Gasteiger partial charge >= 0.3 is 0 Å². The van der Waals surface area contributed by atoms with E-state index < -0.39 is 10.0 Å². The minimum atomic E-state index is -3.53. The Morgan fingerprint density at radius 1 is 1.29 bits per heavy atom. The molecule has 0 radical (unpaired) electrons. The molecule has 0 atom stereocenters. The van der Waals surface area contributed by atoms with Gasteiger partial charge in [-0.05, 0) is 47.0 Å². The van der Waals surface area contributed by atoms with Crippen molar-refractivity contribution < 1.29 is 13.5 Å². The van der Waals surface area contributed by atoms with Gasteiger partial charge in [-0.25, -0.2) is 13.1 Å². The van der Waals surface area contributed by atoms with Crippen molar-refractivity contribution in [1.82, 2.24) is 4.72 Å². The highest BCUT2D eigenvalue weighted by molar-refractivity contribution is 9.11. The van der Waals surface area contributed by atoms with Crippen molar-refractivity contribution in [2.45, 2.75) is 29.9 Å². The van der Waals surface area contributed by atoms with Crippen LogP contribution in [0.3, 0.4) is 0 Å². The first-order valence-electron chi connectivity index (χ1n) is 5.04. The Morgan fingerprint density at radius 3 is 2.53 bits per heavy atom. The average molecular weight is 385 g/mol. The molecule has 0 heterocycles. The summed E-state index contributed by atoms with van der Waals surface area (Å²) in [6, 6.07) is 4.81. The molecule has 0 spiro atoms. The summed E-state index contributed by atoms with van der Waals surface area (Å²) >= 11 is 6.46. The third-order valence-corrected chi connectivity index (χ3v) is 5.63. The van der Waals surface area contributed by atoms with Crippen molar-refractivity contribution in [2.75, 3.05) is 0 Å².